The molecule has 0 aromatic carbocycles. The molecule has 0 bridgehead atoms. The Morgan fingerprint density at radius 3 is 2.58 bits per heavy atom. The molecule has 0 spiro atoms. The lowest BCUT2D eigenvalue weighted by Crippen LogP contribution is -2.30. The van der Waals surface area contributed by atoms with E-state index in [0.29, 0.717) is 30.1 Å². The third-order valence-electron chi connectivity index (χ3n) is 4.88. The van der Waals surface area contributed by atoms with Gasteiger partial charge in [-0.3, -0.25) is 9.78 Å². The number of methoxy groups -OCH3 is 1. The van der Waals surface area contributed by atoms with Gasteiger partial charge in [-0.15, -0.1) is 0 Å². The van der Waals surface area contributed by atoms with Crippen LogP contribution in [-0.4, -0.2) is 29.5 Å². The molecule has 2 aromatic heterocycles. The molecule has 31 heavy (non-hydrogen) atoms. The van der Waals surface area contributed by atoms with Crippen molar-refractivity contribution in [1.82, 2.24) is 9.97 Å². The van der Waals surface area contributed by atoms with E-state index in [4.69, 9.17) is 4.74 Å². The number of amides is 1. The number of aromatic nitrogens is 2. The monoisotopic (exact) mass is 436 g/mol. The highest BCUT2D eigenvalue weighted by Gasteiger charge is 2.32. The topological polar surface area (TPSA) is 67.3 Å². The smallest absolute Gasteiger partial charge is 0.433 e. The first-order valence-electron chi connectivity index (χ1n) is 10.1. The Labute approximate surface area is 179 Å². The van der Waals surface area contributed by atoms with Gasteiger partial charge in [0.1, 0.15) is 5.69 Å². The number of ether oxygens (including phenoxy) is 1. The summed E-state index contributed by atoms with van der Waals surface area (Å²) in [6.45, 7) is 7.08. The zero-order chi connectivity index (χ0) is 22.8. The van der Waals surface area contributed by atoms with E-state index in [9.17, 15) is 18.0 Å². The average molecular weight is 436 g/mol. The Kier molecular flexibility index (Phi) is 6.43. The Balaban J connectivity index is 1.82. The van der Waals surface area contributed by atoms with Crippen molar-refractivity contribution in [1.29, 1.82) is 0 Å². The molecule has 3 heterocycles. The molecular formula is C22H27F3N4O2. The van der Waals surface area contributed by atoms with Gasteiger partial charge in [-0.05, 0) is 29.9 Å². The minimum absolute atomic E-state index is 0.137. The second kappa shape index (κ2) is 8.72. The van der Waals surface area contributed by atoms with Crippen LogP contribution in [0.2, 0.25) is 0 Å². The molecule has 0 unspecified atom stereocenters. The number of carbonyl (C=O) groups excluding carboxylic acids is 1. The number of rotatable bonds is 5. The number of fused-ring (bicyclic) bond motifs is 1. The first-order chi connectivity index (χ1) is 14.5. The van der Waals surface area contributed by atoms with Crippen molar-refractivity contribution in [2.75, 3.05) is 23.9 Å². The van der Waals surface area contributed by atoms with E-state index in [0.717, 1.165) is 36.8 Å². The molecule has 1 N–H and O–H groups in total. The van der Waals surface area contributed by atoms with Gasteiger partial charge in [-0.25, -0.2) is 4.98 Å². The van der Waals surface area contributed by atoms with Gasteiger partial charge in [0.2, 0.25) is 5.91 Å². The average Bonchev–Trinajstić information content (AvgIpc) is 2.66. The first kappa shape index (κ1) is 22.8. The number of aryl methyl sites for hydroxylation is 1. The Morgan fingerprint density at radius 2 is 2.00 bits per heavy atom. The van der Waals surface area contributed by atoms with E-state index in [1.165, 1.54) is 19.4 Å². The van der Waals surface area contributed by atoms with E-state index in [2.05, 4.69) is 15.3 Å². The minimum atomic E-state index is -4.46. The van der Waals surface area contributed by atoms with Gasteiger partial charge in [0.15, 0.2) is 11.6 Å². The summed E-state index contributed by atoms with van der Waals surface area (Å²) in [6, 6.07) is 4.26. The number of carbonyl (C=O) groups is 1. The molecule has 9 heteroatoms. The zero-order valence-corrected chi connectivity index (χ0v) is 18.1. The van der Waals surface area contributed by atoms with E-state index >= 15 is 0 Å². The Hall–Kier alpha value is -2.84. The molecule has 1 aliphatic rings. The molecule has 168 valence electrons. The summed E-state index contributed by atoms with van der Waals surface area (Å²) in [5.41, 5.74) is 1.27. The molecule has 2 aromatic rings. The van der Waals surface area contributed by atoms with Gasteiger partial charge in [0.05, 0.1) is 18.5 Å². The molecule has 0 saturated carbocycles. The number of nitrogens with one attached hydrogen (secondary N) is 1. The molecule has 0 atom stereocenters. The van der Waals surface area contributed by atoms with Crippen LogP contribution in [0.4, 0.5) is 24.7 Å². The minimum Gasteiger partial charge on any atom is -0.493 e. The van der Waals surface area contributed by atoms with Crippen LogP contribution < -0.4 is 15.0 Å². The number of pyridine rings is 2. The predicted molar refractivity (Wildman–Crippen MR) is 112 cm³/mol. The molecule has 0 fully saturated rings. The van der Waals surface area contributed by atoms with Crippen LogP contribution in [0.25, 0.3) is 0 Å². The van der Waals surface area contributed by atoms with Crippen molar-refractivity contribution in [2.24, 2.45) is 5.41 Å². The van der Waals surface area contributed by atoms with Gasteiger partial charge in [0.25, 0.3) is 0 Å². The van der Waals surface area contributed by atoms with Crippen molar-refractivity contribution in [3.05, 3.63) is 41.3 Å². The summed E-state index contributed by atoms with van der Waals surface area (Å²) in [5.74, 6) is 0.689. The fourth-order valence-electron chi connectivity index (χ4n) is 3.51. The summed E-state index contributed by atoms with van der Waals surface area (Å²) in [5, 5.41) is 2.84. The van der Waals surface area contributed by atoms with Crippen LogP contribution in [-0.2, 0) is 23.9 Å². The number of alkyl halides is 3. The van der Waals surface area contributed by atoms with Crippen LogP contribution in [0.15, 0.2) is 24.4 Å². The van der Waals surface area contributed by atoms with E-state index in [1.54, 1.807) is 0 Å². The lowest BCUT2D eigenvalue weighted by atomic mass is 9.92. The van der Waals surface area contributed by atoms with Gasteiger partial charge in [-0.2, -0.15) is 13.2 Å². The predicted octanol–water partition coefficient (Wildman–Crippen LogP) is 4.83. The molecule has 3 rings (SSSR count). The number of anilines is 2. The standard InChI is InChI=1S/C22H27F3N4O2/c1-21(2,3)11-19(30)28-20-17(31-4)10-16-15(27-20)6-5-9-29(16)13-14-7-8-18(26-12-14)22(23,24)25/h7-8,10,12H,5-6,9,11,13H2,1-4H3,(H,27,28,30). The SMILES string of the molecule is COc1cc2c(nc1NC(=O)CC(C)(C)C)CCCN2Cc1ccc(C(F)(F)F)nc1. The highest BCUT2D eigenvalue weighted by Crippen LogP contribution is 2.35. The van der Waals surface area contributed by atoms with Gasteiger partial charge in [-0.1, -0.05) is 26.8 Å². The maximum Gasteiger partial charge on any atom is 0.433 e. The maximum absolute atomic E-state index is 12.8. The quantitative estimate of drug-likeness (QED) is 0.727. The zero-order valence-electron chi connectivity index (χ0n) is 18.1. The summed E-state index contributed by atoms with van der Waals surface area (Å²) in [6.07, 6.45) is -1.27. The summed E-state index contributed by atoms with van der Waals surface area (Å²) < 4.78 is 43.7. The third kappa shape index (κ3) is 5.86. The van der Waals surface area contributed by atoms with Crippen LogP contribution in [0, 0.1) is 5.41 Å². The molecule has 0 radical (unpaired) electrons. The van der Waals surface area contributed by atoms with Gasteiger partial charge < -0.3 is 15.0 Å². The number of nitrogens with zero attached hydrogens (tertiary/aromatic N) is 3. The van der Waals surface area contributed by atoms with Crippen molar-refractivity contribution in [3.63, 3.8) is 0 Å². The molecule has 0 aliphatic carbocycles. The number of hydrogen-bond acceptors (Lipinski definition) is 5. The van der Waals surface area contributed by atoms with Crippen molar-refractivity contribution in [3.8, 4) is 5.75 Å². The van der Waals surface area contributed by atoms with Gasteiger partial charge >= 0.3 is 6.18 Å². The Morgan fingerprint density at radius 1 is 1.26 bits per heavy atom. The summed E-state index contributed by atoms with van der Waals surface area (Å²) in [7, 11) is 1.51. The van der Waals surface area contributed by atoms with Crippen LogP contribution in [0.5, 0.6) is 5.75 Å². The molecule has 0 saturated heterocycles. The molecule has 1 amide bonds. The fourth-order valence-corrected chi connectivity index (χ4v) is 3.51. The fraction of sp³-hybridized carbons (Fsp3) is 0.500. The maximum atomic E-state index is 12.8. The van der Waals surface area contributed by atoms with Crippen LogP contribution >= 0.6 is 0 Å². The van der Waals surface area contributed by atoms with Crippen LogP contribution in [0.1, 0.15) is 50.6 Å². The van der Waals surface area contributed by atoms with Crippen LogP contribution in [0.3, 0.4) is 0 Å². The summed E-state index contributed by atoms with van der Waals surface area (Å²) >= 11 is 0. The number of hydrogen-bond donors (Lipinski definition) is 1. The van der Waals surface area contributed by atoms with Gasteiger partial charge in [0, 0.05) is 31.8 Å². The van der Waals surface area contributed by atoms with Crippen molar-refractivity contribution < 1.29 is 22.7 Å². The summed E-state index contributed by atoms with van der Waals surface area (Å²) in [4.78, 5) is 22.6. The first-order valence-corrected chi connectivity index (χ1v) is 10.1. The molecular weight excluding hydrogens is 409 g/mol. The van der Waals surface area contributed by atoms with E-state index in [-0.39, 0.29) is 11.3 Å². The lowest BCUT2D eigenvalue weighted by molar-refractivity contribution is -0.141. The van der Waals surface area contributed by atoms with Crippen molar-refractivity contribution >= 4 is 17.4 Å². The molecule has 6 nitrogen and oxygen atoms in total. The van der Waals surface area contributed by atoms with Crippen molar-refractivity contribution in [2.45, 2.75) is 52.8 Å². The normalized spacial score (nSPS) is 14.2. The number of halogens is 3. The second-order valence-electron chi connectivity index (χ2n) is 8.87. The second-order valence-corrected chi connectivity index (χ2v) is 8.87. The third-order valence-corrected chi connectivity index (χ3v) is 4.88. The largest absolute Gasteiger partial charge is 0.493 e. The lowest BCUT2D eigenvalue weighted by Gasteiger charge is -2.31. The van der Waals surface area contributed by atoms with E-state index in [1.807, 2.05) is 31.7 Å². The Bertz CT molecular complexity index is 937. The van der Waals surface area contributed by atoms with E-state index < -0.39 is 11.9 Å². The highest BCUT2D eigenvalue weighted by molar-refractivity contribution is 5.92. The highest BCUT2D eigenvalue weighted by atomic mass is 19.4. The molecule has 1 aliphatic heterocycles.